The molecule has 0 heterocycles. The van der Waals surface area contributed by atoms with E-state index in [9.17, 15) is 19.5 Å². The molecule has 1 atom stereocenters. The van der Waals surface area contributed by atoms with Crippen molar-refractivity contribution in [2.75, 3.05) is 0 Å². The van der Waals surface area contributed by atoms with Crippen LogP contribution in [-0.4, -0.2) is 28.4 Å². The van der Waals surface area contributed by atoms with Crippen molar-refractivity contribution >= 4 is 17.8 Å². The van der Waals surface area contributed by atoms with E-state index in [4.69, 9.17) is 0 Å². The molecule has 0 aromatic heterocycles. The molecule has 1 aromatic rings. The van der Waals surface area contributed by atoms with Gasteiger partial charge in [-0.1, -0.05) is 30.3 Å². The fourth-order valence-corrected chi connectivity index (χ4v) is 2.61. The zero-order valence-corrected chi connectivity index (χ0v) is 12.5. The summed E-state index contributed by atoms with van der Waals surface area (Å²) in [6.45, 7) is 1.39. The van der Waals surface area contributed by atoms with Crippen LogP contribution in [-0.2, 0) is 14.4 Å². The summed E-state index contributed by atoms with van der Waals surface area (Å²) < 4.78 is 0. The van der Waals surface area contributed by atoms with Crippen molar-refractivity contribution in [1.82, 2.24) is 10.6 Å². The summed E-state index contributed by atoms with van der Waals surface area (Å²) in [6.07, 6.45) is 1.70. The van der Waals surface area contributed by atoms with Crippen LogP contribution in [0.15, 0.2) is 30.3 Å². The van der Waals surface area contributed by atoms with E-state index in [-0.39, 0.29) is 18.2 Å². The molecule has 1 unspecified atom stereocenters. The van der Waals surface area contributed by atoms with E-state index in [1.807, 2.05) is 30.3 Å². The third-order valence-corrected chi connectivity index (χ3v) is 3.96. The summed E-state index contributed by atoms with van der Waals surface area (Å²) >= 11 is 0. The van der Waals surface area contributed by atoms with E-state index < -0.39 is 17.6 Å². The molecular weight excluding hydrogens is 284 g/mol. The largest absolute Gasteiger partial charge is 0.480 e. The monoisotopic (exact) mass is 304 g/mol. The molecule has 0 saturated heterocycles. The van der Waals surface area contributed by atoms with Crippen LogP contribution >= 0.6 is 0 Å². The fourth-order valence-electron chi connectivity index (χ4n) is 2.61. The van der Waals surface area contributed by atoms with Crippen molar-refractivity contribution in [2.45, 2.75) is 44.2 Å². The molecule has 6 nitrogen and oxygen atoms in total. The molecule has 118 valence electrons. The summed E-state index contributed by atoms with van der Waals surface area (Å²) in [5, 5.41) is 14.6. The zero-order chi connectivity index (χ0) is 16.2. The smallest absolute Gasteiger partial charge is 0.329 e. The third-order valence-electron chi connectivity index (χ3n) is 3.96. The molecule has 1 aromatic carbocycles. The summed E-state index contributed by atoms with van der Waals surface area (Å²) in [4.78, 5) is 34.8. The molecule has 22 heavy (non-hydrogen) atoms. The van der Waals surface area contributed by atoms with Crippen LogP contribution in [0.5, 0.6) is 0 Å². The van der Waals surface area contributed by atoms with Crippen LogP contribution in [0.1, 0.15) is 44.2 Å². The molecule has 6 heteroatoms. The van der Waals surface area contributed by atoms with Gasteiger partial charge in [0.2, 0.25) is 11.8 Å². The van der Waals surface area contributed by atoms with Gasteiger partial charge in [-0.25, -0.2) is 4.79 Å². The number of benzene rings is 1. The van der Waals surface area contributed by atoms with E-state index >= 15 is 0 Å². The second-order valence-electron chi connectivity index (χ2n) is 5.66. The topological polar surface area (TPSA) is 95.5 Å². The first-order valence-electron chi connectivity index (χ1n) is 7.29. The zero-order valence-electron chi connectivity index (χ0n) is 12.5. The minimum Gasteiger partial charge on any atom is -0.480 e. The van der Waals surface area contributed by atoms with E-state index in [1.165, 1.54) is 6.92 Å². The predicted molar refractivity (Wildman–Crippen MR) is 80.0 cm³/mol. The Bertz CT molecular complexity index is 567. The van der Waals surface area contributed by atoms with Gasteiger partial charge in [-0.2, -0.15) is 0 Å². The molecule has 0 radical (unpaired) electrons. The van der Waals surface area contributed by atoms with Gasteiger partial charge in [0.1, 0.15) is 5.54 Å². The molecule has 0 spiro atoms. The van der Waals surface area contributed by atoms with Crippen molar-refractivity contribution in [3.8, 4) is 0 Å². The molecule has 1 aliphatic rings. The Morgan fingerprint density at radius 3 is 2.32 bits per heavy atom. The lowest BCUT2D eigenvalue weighted by Crippen LogP contribution is -2.59. The van der Waals surface area contributed by atoms with Gasteiger partial charge in [-0.3, -0.25) is 9.59 Å². The summed E-state index contributed by atoms with van der Waals surface area (Å²) in [6, 6.07) is 8.68. The van der Waals surface area contributed by atoms with Gasteiger partial charge in [-0.05, 0) is 24.8 Å². The van der Waals surface area contributed by atoms with Gasteiger partial charge in [0, 0.05) is 6.92 Å². The fraction of sp³-hybridized carbons (Fsp3) is 0.438. The first kappa shape index (κ1) is 16.0. The second-order valence-corrected chi connectivity index (χ2v) is 5.66. The number of amides is 2. The van der Waals surface area contributed by atoms with Gasteiger partial charge in [0.25, 0.3) is 0 Å². The van der Waals surface area contributed by atoms with Gasteiger partial charge in [-0.15, -0.1) is 0 Å². The number of nitrogens with one attached hydrogen (secondary N) is 2. The summed E-state index contributed by atoms with van der Waals surface area (Å²) in [5.74, 6) is -1.61. The van der Waals surface area contributed by atoms with Crippen molar-refractivity contribution in [1.29, 1.82) is 0 Å². The normalized spacial score (nSPS) is 17.0. The van der Waals surface area contributed by atoms with Crippen molar-refractivity contribution in [2.24, 2.45) is 0 Å². The molecule has 2 rings (SSSR count). The Kier molecular flexibility index (Phi) is 4.80. The van der Waals surface area contributed by atoms with Gasteiger partial charge < -0.3 is 15.7 Å². The highest BCUT2D eigenvalue weighted by atomic mass is 16.4. The number of rotatable bonds is 6. The number of aliphatic carboxylic acids is 1. The SMILES string of the molecule is CC(=O)NC(CC(=O)NC1(C(=O)O)CCC1)c1ccccc1. The average Bonchev–Trinajstić information content (AvgIpc) is 2.42. The first-order valence-corrected chi connectivity index (χ1v) is 7.29. The maximum atomic E-state index is 12.2. The molecule has 1 saturated carbocycles. The van der Waals surface area contributed by atoms with Gasteiger partial charge >= 0.3 is 5.97 Å². The Morgan fingerprint density at radius 1 is 1.23 bits per heavy atom. The molecule has 0 aliphatic heterocycles. The third kappa shape index (κ3) is 3.63. The lowest BCUT2D eigenvalue weighted by molar-refractivity contribution is -0.152. The maximum absolute atomic E-state index is 12.2. The van der Waals surface area contributed by atoms with Crippen molar-refractivity contribution in [3.63, 3.8) is 0 Å². The number of hydrogen-bond acceptors (Lipinski definition) is 3. The average molecular weight is 304 g/mol. The summed E-state index contributed by atoms with van der Waals surface area (Å²) in [5.41, 5.74) is -0.319. The quantitative estimate of drug-likeness (QED) is 0.740. The van der Waals surface area contributed by atoms with E-state index in [2.05, 4.69) is 10.6 Å². The van der Waals surface area contributed by atoms with Gasteiger partial charge in [0.05, 0.1) is 12.5 Å². The standard InChI is InChI=1S/C16H20N2O4/c1-11(19)17-13(12-6-3-2-4-7-12)10-14(20)18-16(15(21)22)8-5-9-16/h2-4,6-7,13H,5,8-10H2,1H3,(H,17,19)(H,18,20)(H,21,22). The van der Waals surface area contributed by atoms with Crippen molar-refractivity contribution in [3.05, 3.63) is 35.9 Å². The Balaban J connectivity index is 2.05. The molecule has 1 aliphatic carbocycles. The van der Waals surface area contributed by atoms with Crippen LogP contribution < -0.4 is 10.6 Å². The van der Waals surface area contributed by atoms with E-state index in [0.29, 0.717) is 12.8 Å². The minimum absolute atomic E-state index is 0.0125. The second kappa shape index (κ2) is 6.60. The van der Waals surface area contributed by atoms with E-state index in [1.54, 1.807) is 0 Å². The van der Waals surface area contributed by atoms with Gasteiger partial charge in [0.15, 0.2) is 0 Å². The Hall–Kier alpha value is -2.37. The minimum atomic E-state index is -1.13. The van der Waals surface area contributed by atoms with Crippen LogP contribution in [0.2, 0.25) is 0 Å². The maximum Gasteiger partial charge on any atom is 0.329 e. The summed E-state index contributed by atoms with van der Waals surface area (Å²) in [7, 11) is 0. The van der Waals surface area contributed by atoms with Crippen LogP contribution in [0.4, 0.5) is 0 Å². The number of carboxylic acid groups (broad SMARTS) is 1. The van der Waals surface area contributed by atoms with Crippen LogP contribution in [0.3, 0.4) is 0 Å². The highest BCUT2D eigenvalue weighted by molar-refractivity contribution is 5.88. The predicted octanol–water partition coefficient (Wildman–Crippen LogP) is 1.38. The lowest BCUT2D eigenvalue weighted by atomic mass is 9.76. The van der Waals surface area contributed by atoms with Crippen LogP contribution in [0.25, 0.3) is 0 Å². The number of carbonyl (C=O) groups is 3. The highest BCUT2D eigenvalue weighted by Gasteiger charge is 2.45. The van der Waals surface area contributed by atoms with Crippen LogP contribution in [0, 0.1) is 0 Å². The molecule has 2 amide bonds. The molecule has 0 bridgehead atoms. The lowest BCUT2D eigenvalue weighted by Gasteiger charge is -2.38. The highest BCUT2D eigenvalue weighted by Crippen LogP contribution is 2.32. The Labute approximate surface area is 128 Å². The number of carbonyl (C=O) groups excluding carboxylic acids is 2. The van der Waals surface area contributed by atoms with E-state index in [0.717, 1.165) is 12.0 Å². The molecular formula is C16H20N2O4. The van der Waals surface area contributed by atoms with Crippen molar-refractivity contribution < 1.29 is 19.5 Å². The number of carboxylic acids is 1. The molecule has 3 N–H and O–H groups in total. The molecule has 1 fully saturated rings. The Morgan fingerprint density at radius 2 is 1.86 bits per heavy atom. The number of hydrogen-bond donors (Lipinski definition) is 3. The first-order chi connectivity index (χ1) is 10.4.